The van der Waals surface area contributed by atoms with E-state index in [1.807, 2.05) is 62.4 Å². The number of hydrogen-bond acceptors (Lipinski definition) is 7. The fourth-order valence-corrected chi connectivity index (χ4v) is 3.70. The average molecular weight is 450 g/mol. The molecule has 10 heteroatoms. The van der Waals surface area contributed by atoms with Crippen LogP contribution in [0.4, 0.5) is 5.69 Å². The van der Waals surface area contributed by atoms with Crippen molar-refractivity contribution in [1.29, 1.82) is 0 Å². The van der Waals surface area contributed by atoms with E-state index in [-0.39, 0.29) is 24.8 Å². The van der Waals surface area contributed by atoms with Crippen LogP contribution in [0.5, 0.6) is 11.5 Å². The minimum Gasteiger partial charge on any atom is -0.494 e. The number of amides is 2. The van der Waals surface area contributed by atoms with Crippen molar-refractivity contribution < 1.29 is 19.1 Å². The number of anilines is 1. The summed E-state index contributed by atoms with van der Waals surface area (Å²) in [7, 11) is 0. The molecule has 1 aromatic heterocycles. The van der Waals surface area contributed by atoms with Gasteiger partial charge in [0.25, 0.3) is 0 Å². The van der Waals surface area contributed by atoms with Crippen LogP contribution in [0, 0.1) is 5.92 Å². The third kappa shape index (κ3) is 5.11. The lowest BCUT2D eigenvalue weighted by Crippen LogP contribution is -2.33. The number of benzene rings is 2. The number of carbonyl (C=O) groups is 2. The van der Waals surface area contributed by atoms with Gasteiger partial charge in [-0.1, -0.05) is 0 Å². The van der Waals surface area contributed by atoms with Gasteiger partial charge in [0.15, 0.2) is 5.82 Å². The van der Waals surface area contributed by atoms with Gasteiger partial charge < -0.3 is 19.7 Å². The third-order valence-corrected chi connectivity index (χ3v) is 5.30. The molecule has 33 heavy (non-hydrogen) atoms. The Balaban J connectivity index is 1.36. The first kappa shape index (κ1) is 22.3. The number of carbonyl (C=O) groups excluding carboxylic acids is 2. The quantitative estimate of drug-likeness (QED) is 0.532. The van der Waals surface area contributed by atoms with Crippen molar-refractivity contribution in [2.75, 3.05) is 24.7 Å². The number of rotatable bonds is 9. The van der Waals surface area contributed by atoms with Crippen LogP contribution >= 0.6 is 0 Å². The smallest absolute Gasteiger partial charge is 0.227 e. The van der Waals surface area contributed by atoms with Crippen molar-refractivity contribution in [3.8, 4) is 17.2 Å². The molecule has 2 heterocycles. The fraction of sp³-hybridized carbons (Fsp3) is 0.348. The summed E-state index contributed by atoms with van der Waals surface area (Å²) in [6.07, 6.45) is 0.156. The zero-order valence-corrected chi connectivity index (χ0v) is 18.6. The normalized spacial score (nSPS) is 15.5. The van der Waals surface area contributed by atoms with Gasteiger partial charge in [0.2, 0.25) is 11.8 Å². The Morgan fingerprint density at radius 3 is 2.21 bits per heavy atom. The molecule has 1 atom stereocenters. The highest BCUT2D eigenvalue weighted by molar-refractivity contribution is 6.00. The van der Waals surface area contributed by atoms with Gasteiger partial charge in [-0.05, 0) is 72.8 Å². The average Bonchev–Trinajstić information content (AvgIpc) is 3.46. The monoisotopic (exact) mass is 450 g/mol. The van der Waals surface area contributed by atoms with Gasteiger partial charge in [-0.25, -0.2) is 0 Å². The SMILES string of the molecule is CCOc1ccc(N2C[C@H](C(=O)NCc3nnnn3-c3ccc(OCC)cc3)CC2=O)cc1. The van der Waals surface area contributed by atoms with Crippen LogP contribution in [0.3, 0.4) is 0 Å². The molecular formula is C23H26N6O4. The molecule has 2 aromatic carbocycles. The molecule has 0 spiro atoms. The second-order valence-electron chi connectivity index (χ2n) is 7.48. The van der Waals surface area contributed by atoms with Crippen LogP contribution in [-0.4, -0.2) is 51.8 Å². The number of hydrogen-bond donors (Lipinski definition) is 1. The van der Waals surface area contributed by atoms with E-state index in [2.05, 4.69) is 20.8 Å². The molecule has 10 nitrogen and oxygen atoms in total. The number of ether oxygens (including phenoxy) is 2. The predicted molar refractivity (Wildman–Crippen MR) is 120 cm³/mol. The molecule has 1 fully saturated rings. The maximum absolute atomic E-state index is 12.8. The maximum Gasteiger partial charge on any atom is 0.227 e. The van der Waals surface area contributed by atoms with Crippen molar-refractivity contribution in [1.82, 2.24) is 25.5 Å². The third-order valence-electron chi connectivity index (χ3n) is 5.30. The van der Waals surface area contributed by atoms with Gasteiger partial charge in [-0.3, -0.25) is 9.59 Å². The summed E-state index contributed by atoms with van der Waals surface area (Å²) in [6, 6.07) is 14.7. The first-order valence-corrected chi connectivity index (χ1v) is 10.9. The Bertz CT molecular complexity index is 1100. The van der Waals surface area contributed by atoms with Gasteiger partial charge in [-0.2, -0.15) is 4.68 Å². The summed E-state index contributed by atoms with van der Waals surface area (Å²) in [6.45, 7) is 5.46. The highest BCUT2D eigenvalue weighted by atomic mass is 16.5. The highest BCUT2D eigenvalue weighted by Gasteiger charge is 2.35. The molecule has 1 N–H and O–H groups in total. The van der Waals surface area contributed by atoms with E-state index in [4.69, 9.17) is 9.47 Å². The van der Waals surface area contributed by atoms with Gasteiger partial charge in [0, 0.05) is 18.7 Å². The summed E-state index contributed by atoms with van der Waals surface area (Å²) in [5.74, 6) is 1.25. The minimum absolute atomic E-state index is 0.0847. The van der Waals surface area contributed by atoms with E-state index in [1.54, 1.807) is 9.58 Å². The first-order chi connectivity index (χ1) is 16.1. The Kier molecular flexibility index (Phi) is 6.82. The van der Waals surface area contributed by atoms with E-state index in [9.17, 15) is 9.59 Å². The minimum atomic E-state index is -0.445. The van der Waals surface area contributed by atoms with Gasteiger partial charge >= 0.3 is 0 Å². The maximum atomic E-state index is 12.8. The van der Waals surface area contributed by atoms with Gasteiger partial charge in [0.05, 0.1) is 31.4 Å². The number of tetrazole rings is 1. The molecule has 172 valence electrons. The van der Waals surface area contributed by atoms with Crippen LogP contribution in [-0.2, 0) is 16.1 Å². The van der Waals surface area contributed by atoms with Crippen LogP contribution in [0.2, 0.25) is 0 Å². The van der Waals surface area contributed by atoms with Crippen molar-refractivity contribution in [2.24, 2.45) is 5.92 Å². The molecule has 0 aliphatic carbocycles. The predicted octanol–water partition coefficient (Wildman–Crippen LogP) is 2.13. The van der Waals surface area contributed by atoms with E-state index >= 15 is 0 Å². The summed E-state index contributed by atoms with van der Waals surface area (Å²) in [4.78, 5) is 26.9. The molecule has 0 bridgehead atoms. The largest absolute Gasteiger partial charge is 0.494 e. The molecule has 4 rings (SSSR count). The van der Waals surface area contributed by atoms with Gasteiger partial charge in [-0.15, -0.1) is 5.10 Å². The number of aromatic nitrogens is 4. The molecule has 1 aliphatic heterocycles. The van der Waals surface area contributed by atoms with Crippen LogP contribution in [0.1, 0.15) is 26.1 Å². The lowest BCUT2D eigenvalue weighted by Gasteiger charge is -2.17. The van der Waals surface area contributed by atoms with Crippen molar-refractivity contribution in [3.63, 3.8) is 0 Å². The fourth-order valence-electron chi connectivity index (χ4n) is 3.70. The van der Waals surface area contributed by atoms with E-state index < -0.39 is 5.92 Å². The van der Waals surface area contributed by atoms with Crippen molar-refractivity contribution in [2.45, 2.75) is 26.8 Å². The van der Waals surface area contributed by atoms with E-state index in [0.29, 0.717) is 25.6 Å². The molecule has 1 saturated heterocycles. The Labute approximate surface area is 191 Å². The number of nitrogens with one attached hydrogen (secondary N) is 1. The lowest BCUT2D eigenvalue weighted by atomic mass is 10.1. The standard InChI is InChI=1S/C23H26N6O4/c1-3-32-19-9-5-17(6-10-19)28-15-16(13-22(28)30)23(31)24-14-21-25-26-27-29(21)18-7-11-20(12-8-18)33-4-2/h5-12,16H,3-4,13-15H2,1-2H3,(H,24,31)/t16-/m1/s1. The molecule has 1 aliphatic rings. The Morgan fingerprint density at radius 2 is 1.61 bits per heavy atom. The highest BCUT2D eigenvalue weighted by Crippen LogP contribution is 2.27. The zero-order chi connectivity index (χ0) is 23.2. The van der Waals surface area contributed by atoms with Crippen LogP contribution < -0.4 is 19.7 Å². The molecule has 0 saturated carbocycles. The van der Waals surface area contributed by atoms with Crippen molar-refractivity contribution in [3.05, 3.63) is 54.4 Å². The van der Waals surface area contributed by atoms with E-state index in [0.717, 1.165) is 22.9 Å². The van der Waals surface area contributed by atoms with Crippen molar-refractivity contribution >= 4 is 17.5 Å². The summed E-state index contributed by atoms with van der Waals surface area (Å²) in [5.41, 5.74) is 1.50. The van der Waals surface area contributed by atoms with Gasteiger partial charge in [0.1, 0.15) is 11.5 Å². The molecule has 0 unspecified atom stereocenters. The second kappa shape index (κ2) is 10.1. The van der Waals surface area contributed by atoms with Crippen LogP contribution in [0.25, 0.3) is 5.69 Å². The summed E-state index contributed by atoms with van der Waals surface area (Å²) < 4.78 is 12.5. The molecule has 3 aromatic rings. The molecule has 2 amide bonds. The molecular weight excluding hydrogens is 424 g/mol. The summed E-state index contributed by atoms with van der Waals surface area (Å²) in [5, 5.41) is 14.6. The first-order valence-electron chi connectivity index (χ1n) is 10.9. The molecule has 0 radical (unpaired) electrons. The second-order valence-corrected chi connectivity index (χ2v) is 7.48. The Hall–Kier alpha value is -3.95. The van der Waals surface area contributed by atoms with Crippen LogP contribution in [0.15, 0.2) is 48.5 Å². The van der Waals surface area contributed by atoms with E-state index in [1.165, 1.54) is 0 Å². The zero-order valence-electron chi connectivity index (χ0n) is 18.6. The number of nitrogens with zero attached hydrogens (tertiary/aromatic N) is 5. The summed E-state index contributed by atoms with van der Waals surface area (Å²) >= 11 is 0. The lowest BCUT2D eigenvalue weighted by molar-refractivity contribution is -0.126. The Morgan fingerprint density at radius 1 is 1.00 bits per heavy atom. The topological polar surface area (TPSA) is 111 Å².